The number of ether oxygens (including phenoxy) is 1. The molecule has 0 unspecified atom stereocenters. The zero-order chi connectivity index (χ0) is 29.4. The van der Waals surface area contributed by atoms with E-state index >= 15 is 4.39 Å². The molecule has 3 heterocycles. The summed E-state index contributed by atoms with van der Waals surface area (Å²) in [5.74, 6) is -1.51. The number of Topliss-reactive ketones (excluding diaryl/α,β-unsaturated/α-hetero) is 1. The fraction of sp³-hybridized carbons (Fsp3) is 0.188. The number of hydrogen-bond donors (Lipinski definition) is 1. The van der Waals surface area contributed by atoms with Crippen molar-refractivity contribution in [1.29, 1.82) is 0 Å². The van der Waals surface area contributed by atoms with Gasteiger partial charge >= 0.3 is 0 Å². The highest BCUT2D eigenvalue weighted by atomic mass is 19.1. The van der Waals surface area contributed by atoms with Crippen molar-refractivity contribution < 1.29 is 18.3 Å². The third-order valence-electron chi connectivity index (χ3n) is 6.95. The average Bonchev–Trinajstić information content (AvgIpc) is 2.92. The second-order valence-electron chi connectivity index (χ2n) is 10.2. The van der Waals surface area contributed by atoms with Gasteiger partial charge in [0.2, 0.25) is 0 Å². The number of hydrogen-bond acceptors (Lipinski definition) is 5. The number of fused-ring (bicyclic) bond motifs is 1. The van der Waals surface area contributed by atoms with Crippen LogP contribution in [0.5, 0.6) is 11.5 Å². The lowest BCUT2D eigenvalue weighted by Gasteiger charge is -2.20. The quantitative estimate of drug-likeness (QED) is 0.233. The van der Waals surface area contributed by atoms with Crippen molar-refractivity contribution in [2.45, 2.75) is 40.2 Å². The number of aryl methyl sites for hydroxylation is 1. The predicted molar refractivity (Wildman–Crippen MR) is 153 cm³/mol. The van der Waals surface area contributed by atoms with E-state index in [0.29, 0.717) is 39.0 Å². The number of aromatic nitrogens is 3. The van der Waals surface area contributed by atoms with Crippen LogP contribution in [0.25, 0.3) is 22.2 Å². The normalized spacial score (nSPS) is 11.3. The summed E-state index contributed by atoms with van der Waals surface area (Å²) in [5, 5.41) is 0. The van der Waals surface area contributed by atoms with Crippen LogP contribution in [-0.2, 0) is 6.42 Å². The van der Waals surface area contributed by atoms with Gasteiger partial charge in [0, 0.05) is 47.7 Å². The van der Waals surface area contributed by atoms with Crippen LogP contribution in [0.3, 0.4) is 0 Å². The molecule has 0 bridgehead atoms. The Bertz CT molecular complexity index is 1930. The molecular formula is C32H27F2N3O4. The van der Waals surface area contributed by atoms with Gasteiger partial charge in [0.1, 0.15) is 11.3 Å². The van der Waals surface area contributed by atoms with Crippen molar-refractivity contribution in [3.8, 4) is 22.6 Å². The number of carbonyl (C=O) groups excluding carboxylic acids is 1. The lowest BCUT2D eigenvalue weighted by atomic mass is 9.97. The zero-order valence-corrected chi connectivity index (χ0v) is 22.9. The molecule has 0 fully saturated rings. The Kier molecular flexibility index (Phi) is 7.36. The third-order valence-corrected chi connectivity index (χ3v) is 6.95. The number of halogens is 2. The van der Waals surface area contributed by atoms with E-state index < -0.39 is 22.8 Å². The highest BCUT2D eigenvalue weighted by Crippen LogP contribution is 2.30. The van der Waals surface area contributed by atoms with Gasteiger partial charge < -0.3 is 14.3 Å². The van der Waals surface area contributed by atoms with Crippen molar-refractivity contribution in [1.82, 2.24) is 14.5 Å². The molecule has 5 rings (SSSR count). The molecule has 0 spiro atoms. The molecule has 0 atom stereocenters. The molecule has 3 aromatic heterocycles. The van der Waals surface area contributed by atoms with Gasteiger partial charge in [-0.2, -0.15) is 0 Å². The Hall–Kier alpha value is -4.92. The van der Waals surface area contributed by atoms with Gasteiger partial charge in [-0.1, -0.05) is 18.2 Å². The van der Waals surface area contributed by atoms with Gasteiger partial charge in [-0.25, -0.2) is 8.78 Å². The molecule has 0 aliphatic heterocycles. The van der Waals surface area contributed by atoms with Gasteiger partial charge in [-0.3, -0.25) is 19.4 Å². The van der Waals surface area contributed by atoms with Gasteiger partial charge in [0.05, 0.1) is 11.1 Å². The number of ketones is 1. The Balaban J connectivity index is 1.46. The van der Waals surface area contributed by atoms with Crippen LogP contribution < -0.4 is 15.7 Å². The number of rotatable bonds is 7. The molecule has 208 valence electrons. The third kappa shape index (κ3) is 5.43. The number of aromatic amines is 1. The summed E-state index contributed by atoms with van der Waals surface area (Å²) < 4.78 is 36.3. The standard InChI is InChI=1S/C32H27F2N3O4/c1-17(2)37-16-23(31(39)29(19(37)4)21-6-8-22(33)9-7-21)26(38)15-20-5-10-27(24(34)14-20)41-28-11-12-35-25-13-18(3)32(40)36-30(25)28/h5-14,16-17H,15H2,1-4H3,(H,36,40). The molecule has 9 heteroatoms. The summed E-state index contributed by atoms with van der Waals surface area (Å²) >= 11 is 0. The van der Waals surface area contributed by atoms with E-state index in [0.717, 1.165) is 0 Å². The van der Waals surface area contributed by atoms with Crippen molar-refractivity contribution in [3.05, 3.63) is 122 Å². The van der Waals surface area contributed by atoms with Crippen LogP contribution in [-0.4, -0.2) is 20.3 Å². The molecule has 7 nitrogen and oxygen atoms in total. The first-order valence-corrected chi connectivity index (χ1v) is 13.0. The Morgan fingerprint density at radius 3 is 2.41 bits per heavy atom. The molecule has 2 aromatic carbocycles. The lowest BCUT2D eigenvalue weighted by molar-refractivity contribution is 0.0991. The molecule has 5 aromatic rings. The maximum absolute atomic E-state index is 15.1. The summed E-state index contributed by atoms with van der Waals surface area (Å²) in [4.78, 5) is 45.9. The molecule has 0 aliphatic carbocycles. The number of carbonyl (C=O) groups is 1. The maximum atomic E-state index is 15.1. The Morgan fingerprint density at radius 1 is 1.00 bits per heavy atom. The number of nitrogens with zero attached hydrogens (tertiary/aromatic N) is 2. The number of pyridine rings is 3. The topological polar surface area (TPSA) is 94.0 Å². The Labute approximate surface area is 234 Å². The van der Waals surface area contributed by atoms with Gasteiger partial charge in [0.15, 0.2) is 28.5 Å². The first-order valence-electron chi connectivity index (χ1n) is 13.0. The van der Waals surface area contributed by atoms with E-state index in [1.165, 1.54) is 54.9 Å². The lowest BCUT2D eigenvalue weighted by Crippen LogP contribution is -2.24. The van der Waals surface area contributed by atoms with Crippen LogP contribution >= 0.6 is 0 Å². The maximum Gasteiger partial charge on any atom is 0.251 e. The molecule has 0 amide bonds. The van der Waals surface area contributed by atoms with Crippen molar-refractivity contribution in [2.24, 2.45) is 0 Å². The van der Waals surface area contributed by atoms with Crippen molar-refractivity contribution in [3.63, 3.8) is 0 Å². The van der Waals surface area contributed by atoms with Crippen molar-refractivity contribution in [2.75, 3.05) is 0 Å². The van der Waals surface area contributed by atoms with E-state index in [4.69, 9.17) is 4.74 Å². The monoisotopic (exact) mass is 555 g/mol. The molecule has 0 saturated heterocycles. The van der Waals surface area contributed by atoms with E-state index in [9.17, 15) is 18.8 Å². The number of benzene rings is 2. The first-order chi connectivity index (χ1) is 19.5. The van der Waals surface area contributed by atoms with E-state index in [1.807, 2.05) is 18.4 Å². The highest BCUT2D eigenvalue weighted by Gasteiger charge is 2.21. The van der Waals surface area contributed by atoms with Crippen LogP contribution in [0.2, 0.25) is 0 Å². The summed E-state index contributed by atoms with van der Waals surface area (Å²) in [6.45, 7) is 7.30. The van der Waals surface area contributed by atoms with Crippen LogP contribution in [0.1, 0.15) is 47.1 Å². The molecule has 41 heavy (non-hydrogen) atoms. The molecular weight excluding hydrogens is 528 g/mol. The first kappa shape index (κ1) is 27.6. The molecule has 0 saturated carbocycles. The molecule has 0 radical (unpaired) electrons. The highest BCUT2D eigenvalue weighted by molar-refractivity contribution is 5.98. The van der Waals surface area contributed by atoms with E-state index in [2.05, 4.69) is 9.97 Å². The van der Waals surface area contributed by atoms with Crippen LogP contribution in [0.15, 0.2) is 76.6 Å². The van der Waals surface area contributed by atoms with Gasteiger partial charge in [-0.15, -0.1) is 0 Å². The average molecular weight is 556 g/mol. The fourth-order valence-corrected chi connectivity index (χ4v) is 4.81. The van der Waals surface area contributed by atoms with Crippen LogP contribution in [0, 0.1) is 25.5 Å². The SMILES string of the molecule is Cc1cc2nccc(Oc3ccc(CC(=O)c4cn(C(C)C)c(C)c(-c5ccc(F)cc5)c4=O)cc3F)c2[nH]c1=O. The summed E-state index contributed by atoms with van der Waals surface area (Å²) in [6.07, 6.45) is 2.80. The minimum atomic E-state index is -0.717. The zero-order valence-electron chi connectivity index (χ0n) is 22.9. The Morgan fingerprint density at radius 2 is 1.73 bits per heavy atom. The fourth-order valence-electron chi connectivity index (χ4n) is 4.81. The summed E-state index contributed by atoms with van der Waals surface area (Å²) in [7, 11) is 0. The van der Waals surface area contributed by atoms with Gasteiger partial charge in [-0.05, 0) is 69.2 Å². The number of H-pyrrole nitrogens is 1. The number of nitrogens with one attached hydrogen (secondary N) is 1. The molecule has 1 N–H and O–H groups in total. The second-order valence-corrected chi connectivity index (χ2v) is 10.2. The van der Waals surface area contributed by atoms with Crippen LogP contribution in [0.4, 0.5) is 8.78 Å². The smallest absolute Gasteiger partial charge is 0.251 e. The minimum Gasteiger partial charge on any atom is -0.452 e. The van der Waals surface area contributed by atoms with E-state index in [1.54, 1.807) is 26.0 Å². The van der Waals surface area contributed by atoms with E-state index in [-0.39, 0.29) is 35.1 Å². The minimum absolute atomic E-state index is 0.0353. The predicted octanol–water partition coefficient (Wildman–Crippen LogP) is 6.45. The summed E-state index contributed by atoms with van der Waals surface area (Å²) in [5.41, 5.74) is 2.33. The summed E-state index contributed by atoms with van der Waals surface area (Å²) in [6, 6.07) is 12.7. The molecule has 0 aliphatic rings. The second kappa shape index (κ2) is 10.9. The largest absolute Gasteiger partial charge is 0.452 e. The van der Waals surface area contributed by atoms with Gasteiger partial charge in [0.25, 0.3) is 5.56 Å². The van der Waals surface area contributed by atoms with Crippen molar-refractivity contribution >= 4 is 16.8 Å².